The summed E-state index contributed by atoms with van der Waals surface area (Å²) in [5.41, 5.74) is 3.59. The van der Waals surface area contributed by atoms with E-state index in [9.17, 15) is 14.4 Å². The molecule has 0 unspecified atom stereocenters. The predicted octanol–water partition coefficient (Wildman–Crippen LogP) is 4.78. The summed E-state index contributed by atoms with van der Waals surface area (Å²) in [4.78, 5) is 39.8. The van der Waals surface area contributed by atoms with Crippen LogP contribution in [0.2, 0.25) is 0 Å². The quantitative estimate of drug-likeness (QED) is 0.314. The molecule has 4 rings (SSSR count). The molecule has 0 aliphatic carbocycles. The molecule has 0 saturated heterocycles. The number of fused-ring (bicyclic) bond motifs is 1. The highest BCUT2D eigenvalue weighted by Crippen LogP contribution is 2.19. The number of hydrogen-bond acceptors (Lipinski definition) is 4. The number of anilines is 1. The molecule has 4 aromatic rings. The van der Waals surface area contributed by atoms with Crippen LogP contribution >= 0.6 is 0 Å². The zero-order valence-corrected chi connectivity index (χ0v) is 17.3. The molecule has 1 amide bonds. The number of Topliss-reactive ketones (excluding diaryl/α,β-unsaturated/α-hetero) is 1. The molecule has 2 N–H and O–H groups in total. The number of ketones is 1. The summed E-state index contributed by atoms with van der Waals surface area (Å²) in [6, 6.07) is 23.2. The molecule has 0 aliphatic heterocycles. The highest BCUT2D eigenvalue weighted by molar-refractivity contribution is 6.04. The molecule has 160 valence electrons. The molecule has 0 spiro atoms. The summed E-state index contributed by atoms with van der Waals surface area (Å²) in [6.07, 6.45) is 2.62. The van der Waals surface area contributed by atoms with Gasteiger partial charge in [0.25, 0.3) is 5.91 Å². The Bertz CT molecular complexity index is 1240. The SMILES string of the molecule is O=C(CCc1c[nH]c2ccccc12)OCC(=O)c1ccc(NC(=O)c2ccccc2)cc1. The molecule has 1 aromatic heterocycles. The first-order valence-electron chi connectivity index (χ1n) is 10.3. The van der Waals surface area contributed by atoms with Crippen LogP contribution in [0, 0.1) is 0 Å². The Hall–Kier alpha value is -4.19. The van der Waals surface area contributed by atoms with E-state index in [4.69, 9.17) is 4.74 Å². The number of carbonyl (C=O) groups excluding carboxylic acids is 3. The van der Waals surface area contributed by atoms with E-state index in [1.807, 2.05) is 36.5 Å². The molecule has 0 saturated carbocycles. The second kappa shape index (κ2) is 9.75. The van der Waals surface area contributed by atoms with E-state index in [-0.39, 0.29) is 24.7 Å². The Balaban J connectivity index is 1.25. The summed E-state index contributed by atoms with van der Waals surface area (Å²) < 4.78 is 5.15. The normalized spacial score (nSPS) is 10.6. The van der Waals surface area contributed by atoms with Crippen LogP contribution < -0.4 is 5.32 Å². The average Bonchev–Trinajstić information content (AvgIpc) is 3.25. The lowest BCUT2D eigenvalue weighted by atomic mass is 10.1. The van der Waals surface area contributed by atoms with Gasteiger partial charge in [-0.25, -0.2) is 0 Å². The minimum absolute atomic E-state index is 0.194. The lowest BCUT2D eigenvalue weighted by Gasteiger charge is -2.07. The van der Waals surface area contributed by atoms with Gasteiger partial charge in [0.2, 0.25) is 0 Å². The number of benzene rings is 3. The molecule has 3 aromatic carbocycles. The smallest absolute Gasteiger partial charge is 0.306 e. The van der Waals surface area contributed by atoms with E-state index in [0.29, 0.717) is 23.2 Å². The highest BCUT2D eigenvalue weighted by atomic mass is 16.5. The number of aryl methyl sites for hydroxylation is 1. The third-order valence-corrected chi connectivity index (χ3v) is 5.14. The van der Waals surface area contributed by atoms with Gasteiger partial charge in [0.1, 0.15) is 0 Å². The monoisotopic (exact) mass is 426 g/mol. The van der Waals surface area contributed by atoms with Crippen LogP contribution in [-0.2, 0) is 16.0 Å². The summed E-state index contributed by atoms with van der Waals surface area (Å²) in [6.45, 7) is -0.317. The Labute approximate surface area is 185 Å². The van der Waals surface area contributed by atoms with Crippen molar-refractivity contribution in [3.63, 3.8) is 0 Å². The van der Waals surface area contributed by atoms with E-state index >= 15 is 0 Å². The second-order valence-corrected chi connectivity index (χ2v) is 7.34. The van der Waals surface area contributed by atoms with Gasteiger partial charge in [-0.15, -0.1) is 0 Å². The number of nitrogens with one attached hydrogen (secondary N) is 2. The standard InChI is InChI=1S/C26H22N2O4/c29-24(17-32-25(30)15-12-20-16-27-23-9-5-4-8-22(20)23)18-10-13-21(14-11-18)28-26(31)19-6-2-1-3-7-19/h1-11,13-14,16,27H,12,15,17H2,(H,28,31). The zero-order valence-electron chi connectivity index (χ0n) is 17.3. The van der Waals surface area contributed by atoms with Crippen molar-refractivity contribution in [2.24, 2.45) is 0 Å². The van der Waals surface area contributed by atoms with Crippen molar-refractivity contribution in [3.8, 4) is 0 Å². The van der Waals surface area contributed by atoms with Crippen LogP contribution in [0.5, 0.6) is 0 Å². The highest BCUT2D eigenvalue weighted by Gasteiger charge is 2.12. The molecule has 1 heterocycles. The summed E-state index contributed by atoms with van der Waals surface area (Å²) in [7, 11) is 0. The number of aromatic amines is 1. The van der Waals surface area contributed by atoms with Crippen LogP contribution in [0.15, 0.2) is 85.1 Å². The Morgan fingerprint density at radius 2 is 1.53 bits per heavy atom. The van der Waals surface area contributed by atoms with Gasteiger partial charge in [0.15, 0.2) is 12.4 Å². The summed E-state index contributed by atoms with van der Waals surface area (Å²) in [5.74, 6) is -0.949. The van der Waals surface area contributed by atoms with E-state index in [2.05, 4.69) is 10.3 Å². The minimum atomic E-state index is -0.421. The number of rotatable bonds is 8. The van der Waals surface area contributed by atoms with Crippen molar-refractivity contribution in [3.05, 3.63) is 102 Å². The fourth-order valence-corrected chi connectivity index (χ4v) is 3.41. The number of esters is 1. The maximum absolute atomic E-state index is 12.3. The van der Waals surface area contributed by atoms with E-state index in [0.717, 1.165) is 16.5 Å². The van der Waals surface area contributed by atoms with E-state index in [1.165, 1.54) is 0 Å². The molecule has 0 radical (unpaired) electrons. The number of carbonyl (C=O) groups is 3. The molecule has 6 nitrogen and oxygen atoms in total. The Morgan fingerprint density at radius 1 is 0.812 bits per heavy atom. The van der Waals surface area contributed by atoms with Crippen molar-refractivity contribution in [1.82, 2.24) is 4.98 Å². The van der Waals surface area contributed by atoms with Crippen LogP contribution in [0.3, 0.4) is 0 Å². The van der Waals surface area contributed by atoms with Crippen molar-refractivity contribution < 1.29 is 19.1 Å². The van der Waals surface area contributed by atoms with Gasteiger partial charge in [-0.3, -0.25) is 14.4 Å². The van der Waals surface area contributed by atoms with E-state index < -0.39 is 5.97 Å². The third kappa shape index (κ3) is 5.10. The predicted molar refractivity (Wildman–Crippen MR) is 123 cm³/mol. The molecular formula is C26H22N2O4. The number of para-hydroxylation sites is 1. The number of amides is 1. The number of hydrogen-bond donors (Lipinski definition) is 2. The second-order valence-electron chi connectivity index (χ2n) is 7.34. The molecule has 32 heavy (non-hydrogen) atoms. The number of H-pyrrole nitrogens is 1. The lowest BCUT2D eigenvalue weighted by molar-refractivity contribution is -0.142. The number of aromatic nitrogens is 1. The van der Waals surface area contributed by atoms with Crippen LogP contribution in [0.4, 0.5) is 5.69 Å². The fourth-order valence-electron chi connectivity index (χ4n) is 3.41. The van der Waals surface area contributed by atoms with Gasteiger partial charge >= 0.3 is 5.97 Å². The largest absolute Gasteiger partial charge is 0.457 e. The first kappa shape index (κ1) is 21.1. The average molecular weight is 426 g/mol. The van der Waals surface area contributed by atoms with Crippen molar-refractivity contribution >= 4 is 34.3 Å². The molecule has 0 aliphatic rings. The fraction of sp³-hybridized carbons (Fsp3) is 0.115. The Morgan fingerprint density at radius 3 is 2.31 bits per heavy atom. The topological polar surface area (TPSA) is 88.3 Å². The van der Waals surface area contributed by atoms with Crippen LogP contribution in [0.25, 0.3) is 10.9 Å². The van der Waals surface area contributed by atoms with Gasteiger partial charge in [-0.05, 0) is 54.4 Å². The summed E-state index contributed by atoms with van der Waals surface area (Å²) >= 11 is 0. The Kier molecular flexibility index (Phi) is 6.41. The van der Waals surface area contributed by atoms with Gasteiger partial charge in [-0.2, -0.15) is 0 Å². The molecule has 0 bridgehead atoms. The van der Waals surface area contributed by atoms with Gasteiger partial charge in [0.05, 0.1) is 0 Å². The first-order valence-corrected chi connectivity index (χ1v) is 10.3. The molecule has 6 heteroatoms. The van der Waals surface area contributed by atoms with Gasteiger partial charge in [0, 0.05) is 40.3 Å². The molecule has 0 atom stereocenters. The maximum Gasteiger partial charge on any atom is 0.306 e. The van der Waals surface area contributed by atoms with Crippen LogP contribution in [-0.4, -0.2) is 29.3 Å². The summed E-state index contributed by atoms with van der Waals surface area (Å²) in [5, 5.41) is 3.86. The first-order chi connectivity index (χ1) is 15.6. The number of ether oxygens (including phenoxy) is 1. The van der Waals surface area contributed by atoms with Crippen molar-refractivity contribution in [1.29, 1.82) is 0 Å². The molecular weight excluding hydrogens is 404 g/mol. The van der Waals surface area contributed by atoms with Crippen molar-refractivity contribution in [2.45, 2.75) is 12.8 Å². The minimum Gasteiger partial charge on any atom is -0.457 e. The lowest BCUT2D eigenvalue weighted by Crippen LogP contribution is -2.15. The van der Waals surface area contributed by atoms with E-state index in [1.54, 1.807) is 48.5 Å². The van der Waals surface area contributed by atoms with Gasteiger partial charge < -0.3 is 15.0 Å². The van der Waals surface area contributed by atoms with Crippen molar-refractivity contribution in [2.75, 3.05) is 11.9 Å². The third-order valence-electron chi connectivity index (χ3n) is 5.14. The molecule has 0 fully saturated rings. The van der Waals surface area contributed by atoms with Crippen LogP contribution in [0.1, 0.15) is 32.7 Å². The zero-order chi connectivity index (χ0) is 22.3. The maximum atomic E-state index is 12.3. The van der Waals surface area contributed by atoms with Gasteiger partial charge in [-0.1, -0.05) is 36.4 Å².